The lowest BCUT2D eigenvalue weighted by molar-refractivity contribution is 0.0485. The second-order valence-corrected chi connectivity index (χ2v) is 5.22. The predicted molar refractivity (Wildman–Crippen MR) is 71.1 cm³/mol. The van der Waals surface area contributed by atoms with Crippen LogP contribution in [0, 0.1) is 5.92 Å². The number of rotatable bonds is 2. The molecule has 1 saturated heterocycles. The largest absolute Gasteiger partial charge is 0.381 e. The van der Waals surface area contributed by atoms with Crippen molar-refractivity contribution in [3.05, 3.63) is 33.7 Å². The van der Waals surface area contributed by atoms with Crippen molar-refractivity contribution in [2.75, 3.05) is 13.2 Å². The van der Waals surface area contributed by atoms with Crippen LogP contribution in [0.25, 0.3) is 11.0 Å². The van der Waals surface area contributed by atoms with Gasteiger partial charge in [0.25, 0.3) is 0 Å². The number of hydrogen-bond acceptors (Lipinski definition) is 2. The summed E-state index contributed by atoms with van der Waals surface area (Å²) in [5.41, 5.74) is 1.64. The van der Waals surface area contributed by atoms with Crippen molar-refractivity contribution in [2.45, 2.75) is 19.4 Å². The summed E-state index contributed by atoms with van der Waals surface area (Å²) >= 11 is 5.99. The third-order valence-electron chi connectivity index (χ3n) is 3.43. The van der Waals surface area contributed by atoms with Gasteiger partial charge in [0.15, 0.2) is 0 Å². The highest BCUT2D eigenvalue weighted by Gasteiger charge is 2.17. The number of ether oxygens (including phenoxy) is 1. The standard InChI is InChI=1S/C13H15ClN2O2/c14-10-3-4-11-12(6-10)16(13(17)15-11)7-9-2-1-5-18-8-9/h3-4,6,9H,1-2,5,7-8H2,(H,15,17). The van der Waals surface area contributed by atoms with Crippen molar-refractivity contribution in [1.82, 2.24) is 9.55 Å². The van der Waals surface area contributed by atoms with Crippen LogP contribution in [0.2, 0.25) is 5.02 Å². The van der Waals surface area contributed by atoms with Gasteiger partial charge in [-0.25, -0.2) is 4.79 Å². The van der Waals surface area contributed by atoms with E-state index in [1.807, 2.05) is 12.1 Å². The van der Waals surface area contributed by atoms with Crippen LogP contribution in [-0.4, -0.2) is 22.8 Å². The zero-order valence-corrected chi connectivity index (χ0v) is 10.7. The van der Waals surface area contributed by atoms with Crippen molar-refractivity contribution in [2.24, 2.45) is 5.92 Å². The Balaban J connectivity index is 1.97. The number of aromatic amines is 1. The monoisotopic (exact) mass is 266 g/mol. The van der Waals surface area contributed by atoms with E-state index >= 15 is 0 Å². The molecule has 1 aliphatic rings. The van der Waals surface area contributed by atoms with Crippen LogP contribution < -0.4 is 5.69 Å². The average molecular weight is 267 g/mol. The summed E-state index contributed by atoms with van der Waals surface area (Å²) in [7, 11) is 0. The maximum atomic E-state index is 11.9. The maximum absolute atomic E-state index is 11.9. The molecular weight excluding hydrogens is 252 g/mol. The van der Waals surface area contributed by atoms with E-state index in [9.17, 15) is 4.79 Å². The second kappa shape index (κ2) is 4.78. The Morgan fingerprint density at radius 1 is 1.50 bits per heavy atom. The third-order valence-corrected chi connectivity index (χ3v) is 3.67. The van der Waals surface area contributed by atoms with Crippen LogP contribution in [0.15, 0.2) is 23.0 Å². The lowest BCUT2D eigenvalue weighted by Crippen LogP contribution is -2.27. The summed E-state index contributed by atoms with van der Waals surface area (Å²) in [5, 5.41) is 0.648. The van der Waals surface area contributed by atoms with E-state index < -0.39 is 0 Å². The Hall–Kier alpha value is -1.26. The first-order chi connectivity index (χ1) is 8.74. The van der Waals surface area contributed by atoms with E-state index in [1.54, 1.807) is 10.6 Å². The zero-order valence-electron chi connectivity index (χ0n) is 9.99. The van der Waals surface area contributed by atoms with Gasteiger partial charge in [-0.1, -0.05) is 11.6 Å². The minimum absolute atomic E-state index is 0.0714. The molecule has 0 radical (unpaired) electrons. The Labute approximate surface area is 110 Å². The lowest BCUT2D eigenvalue weighted by atomic mass is 10.0. The van der Waals surface area contributed by atoms with Crippen LogP contribution >= 0.6 is 11.6 Å². The summed E-state index contributed by atoms with van der Waals surface area (Å²) in [4.78, 5) is 14.8. The van der Waals surface area contributed by atoms with Crippen molar-refractivity contribution >= 4 is 22.6 Å². The van der Waals surface area contributed by atoms with Crippen molar-refractivity contribution in [1.29, 1.82) is 0 Å². The first-order valence-corrected chi connectivity index (χ1v) is 6.57. The molecule has 2 aromatic rings. The minimum Gasteiger partial charge on any atom is -0.381 e. The van der Waals surface area contributed by atoms with Crippen molar-refractivity contribution in [3.63, 3.8) is 0 Å². The number of H-pyrrole nitrogens is 1. The molecule has 1 aromatic carbocycles. The highest BCUT2D eigenvalue weighted by molar-refractivity contribution is 6.31. The van der Waals surface area contributed by atoms with E-state index in [2.05, 4.69) is 4.98 Å². The molecule has 0 saturated carbocycles. The quantitative estimate of drug-likeness (QED) is 0.907. The van der Waals surface area contributed by atoms with Gasteiger partial charge < -0.3 is 9.72 Å². The normalized spacial score (nSPS) is 20.4. The average Bonchev–Trinajstić information content (AvgIpc) is 2.67. The van der Waals surface area contributed by atoms with Crippen LogP contribution in [0.4, 0.5) is 0 Å². The maximum Gasteiger partial charge on any atom is 0.326 e. The van der Waals surface area contributed by atoms with Gasteiger partial charge in [-0.3, -0.25) is 4.57 Å². The third kappa shape index (κ3) is 2.18. The molecule has 0 amide bonds. The van der Waals surface area contributed by atoms with Gasteiger partial charge in [0.2, 0.25) is 0 Å². The molecule has 5 heteroatoms. The number of hydrogen-bond donors (Lipinski definition) is 1. The van der Waals surface area contributed by atoms with E-state index in [4.69, 9.17) is 16.3 Å². The van der Waals surface area contributed by atoms with Crippen LogP contribution in [0.5, 0.6) is 0 Å². The van der Waals surface area contributed by atoms with Gasteiger partial charge in [0.1, 0.15) is 0 Å². The lowest BCUT2D eigenvalue weighted by Gasteiger charge is -2.22. The molecule has 1 aliphatic heterocycles. The second-order valence-electron chi connectivity index (χ2n) is 4.79. The first-order valence-electron chi connectivity index (χ1n) is 6.20. The van der Waals surface area contributed by atoms with Gasteiger partial charge in [-0.2, -0.15) is 0 Å². The van der Waals surface area contributed by atoms with Crippen LogP contribution in [0.3, 0.4) is 0 Å². The molecule has 0 spiro atoms. The molecule has 1 aromatic heterocycles. The molecule has 2 heterocycles. The summed E-state index contributed by atoms with van der Waals surface area (Å²) in [5.74, 6) is 0.412. The van der Waals surface area contributed by atoms with Crippen molar-refractivity contribution < 1.29 is 4.74 Å². The summed E-state index contributed by atoms with van der Waals surface area (Å²) in [6.07, 6.45) is 2.18. The number of nitrogens with one attached hydrogen (secondary N) is 1. The molecule has 3 rings (SSSR count). The predicted octanol–water partition coefficient (Wildman–Crippen LogP) is 2.41. The highest BCUT2D eigenvalue weighted by atomic mass is 35.5. The van der Waals surface area contributed by atoms with Crippen molar-refractivity contribution in [3.8, 4) is 0 Å². The molecule has 4 nitrogen and oxygen atoms in total. The molecule has 96 valence electrons. The van der Waals surface area contributed by atoms with E-state index in [1.165, 1.54) is 0 Å². The summed E-state index contributed by atoms with van der Waals surface area (Å²) < 4.78 is 7.22. The smallest absolute Gasteiger partial charge is 0.326 e. The number of halogens is 1. The van der Waals surface area contributed by atoms with E-state index in [0.717, 1.165) is 37.1 Å². The zero-order chi connectivity index (χ0) is 12.5. The molecule has 1 N–H and O–H groups in total. The van der Waals surface area contributed by atoms with Gasteiger partial charge >= 0.3 is 5.69 Å². The number of aromatic nitrogens is 2. The Morgan fingerprint density at radius 3 is 3.17 bits per heavy atom. The summed E-state index contributed by atoms with van der Waals surface area (Å²) in [6.45, 7) is 2.27. The van der Waals surface area contributed by atoms with Crippen LogP contribution in [0.1, 0.15) is 12.8 Å². The molecule has 1 unspecified atom stereocenters. The molecule has 0 aliphatic carbocycles. The number of nitrogens with zero attached hydrogens (tertiary/aromatic N) is 1. The molecular formula is C13H15ClN2O2. The Bertz CT molecular complexity index is 611. The number of benzene rings is 1. The molecule has 1 atom stereocenters. The number of imidazole rings is 1. The number of fused-ring (bicyclic) bond motifs is 1. The molecule has 1 fully saturated rings. The van der Waals surface area contributed by atoms with Gasteiger partial charge in [-0.15, -0.1) is 0 Å². The highest BCUT2D eigenvalue weighted by Crippen LogP contribution is 2.20. The fourth-order valence-corrected chi connectivity index (χ4v) is 2.68. The summed E-state index contributed by atoms with van der Waals surface area (Å²) in [6, 6.07) is 5.46. The fourth-order valence-electron chi connectivity index (χ4n) is 2.52. The topological polar surface area (TPSA) is 47.0 Å². The first kappa shape index (κ1) is 11.8. The Morgan fingerprint density at radius 2 is 2.39 bits per heavy atom. The van der Waals surface area contributed by atoms with E-state index in [-0.39, 0.29) is 5.69 Å². The Kier molecular flexibility index (Phi) is 3.14. The van der Waals surface area contributed by atoms with Crippen LogP contribution in [-0.2, 0) is 11.3 Å². The van der Waals surface area contributed by atoms with Gasteiger partial charge in [0.05, 0.1) is 17.6 Å². The fraction of sp³-hybridized carbons (Fsp3) is 0.462. The minimum atomic E-state index is -0.0714. The van der Waals surface area contributed by atoms with Gasteiger partial charge in [0, 0.05) is 24.1 Å². The SMILES string of the molecule is O=c1[nH]c2ccc(Cl)cc2n1CC1CCCOC1. The molecule has 0 bridgehead atoms. The van der Waals surface area contributed by atoms with E-state index in [0.29, 0.717) is 17.5 Å². The molecule has 18 heavy (non-hydrogen) atoms. The van der Waals surface area contributed by atoms with Gasteiger partial charge in [-0.05, 0) is 31.0 Å².